The second kappa shape index (κ2) is 8.53. The Bertz CT molecular complexity index is 1250. The van der Waals surface area contributed by atoms with Crippen LogP contribution in [0.2, 0.25) is 18.6 Å². The monoisotopic (exact) mass is 477 g/mol. The van der Waals surface area contributed by atoms with E-state index in [1.165, 1.54) is 34.7 Å². The molecule has 1 fully saturated rings. The van der Waals surface area contributed by atoms with Gasteiger partial charge in [0, 0.05) is 6.20 Å². The second-order valence-corrected chi connectivity index (χ2v) is 15.6. The van der Waals surface area contributed by atoms with Crippen LogP contribution in [0.5, 0.6) is 0 Å². The molecule has 0 amide bonds. The molecule has 6 rings (SSSR count). The zero-order valence-electron chi connectivity index (χ0n) is 21.1. The molecule has 1 N–H and O–H groups in total. The van der Waals surface area contributed by atoms with E-state index in [-0.39, 0.29) is 0 Å². The van der Waals surface area contributed by atoms with Crippen LogP contribution >= 0.6 is 0 Å². The molecule has 2 heterocycles. The highest BCUT2D eigenvalue weighted by atomic mass is 28.3. The third-order valence-electron chi connectivity index (χ3n) is 8.64. The fraction of sp³-hybridized carbons (Fsp3) is 0.323. The summed E-state index contributed by atoms with van der Waals surface area (Å²) in [6.07, 6.45) is 10.3. The van der Waals surface area contributed by atoms with Gasteiger partial charge in [0.15, 0.2) is 8.24 Å². The summed E-state index contributed by atoms with van der Waals surface area (Å²) in [6.45, 7) is 10.1. The van der Waals surface area contributed by atoms with Gasteiger partial charge >= 0.3 is 0 Å². The van der Waals surface area contributed by atoms with Crippen molar-refractivity contribution in [2.24, 2.45) is 23.7 Å². The molecule has 0 bridgehead atoms. The standard InChI is InChI=1S/C31H35N3Si/c1-21(2)24-20-25-22(26-14-9-10-19-32-26)12-11-13-23(25)31(24)35(3,4)34-29-17-7-5-15-27(29)33-28-16-6-8-18-30(28)34/h5-19,21,23-25,31,33H,20H2,1-4H3/t23-,24-,25+,31?/m0/s1. The number of anilines is 4. The van der Waals surface area contributed by atoms with Gasteiger partial charge in [-0.05, 0) is 77.6 Å². The van der Waals surface area contributed by atoms with Gasteiger partial charge in [-0.25, -0.2) is 0 Å². The van der Waals surface area contributed by atoms with Crippen LogP contribution < -0.4 is 9.88 Å². The quantitative estimate of drug-likeness (QED) is 0.382. The molecule has 3 aliphatic rings. The number of nitrogens with zero attached hydrogens (tertiary/aromatic N) is 2. The Morgan fingerprint density at radius 3 is 2.20 bits per heavy atom. The summed E-state index contributed by atoms with van der Waals surface area (Å²) < 4.78 is 2.77. The minimum Gasteiger partial charge on any atom is -0.366 e. The Morgan fingerprint density at radius 1 is 0.914 bits per heavy atom. The molecule has 1 aliphatic heterocycles. The zero-order chi connectivity index (χ0) is 24.2. The summed E-state index contributed by atoms with van der Waals surface area (Å²) in [6, 6.07) is 24.0. The number of pyridine rings is 1. The molecule has 35 heavy (non-hydrogen) atoms. The van der Waals surface area contributed by atoms with Crippen molar-refractivity contribution in [2.45, 2.75) is 38.9 Å². The summed E-state index contributed by atoms with van der Waals surface area (Å²) in [7, 11) is -2.04. The summed E-state index contributed by atoms with van der Waals surface area (Å²) in [5.41, 5.74) is 8.30. The third-order valence-corrected chi connectivity index (χ3v) is 12.7. The van der Waals surface area contributed by atoms with Crippen molar-refractivity contribution < 1.29 is 0 Å². The second-order valence-electron chi connectivity index (χ2n) is 11.2. The van der Waals surface area contributed by atoms with Crippen LogP contribution in [-0.4, -0.2) is 13.2 Å². The van der Waals surface area contributed by atoms with Crippen molar-refractivity contribution in [1.29, 1.82) is 0 Å². The van der Waals surface area contributed by atoms with Crippen molar-refractivity contribution in [1.82, 2.24) is 4.98 Å². The average Bonchev–Trinajstić information content (AvgIpc) is 3.29. The van der Waals surface area contributed by atoms with E-state index in [9.17, 15) is 0 Å². The van der Waals surface area contributed by atoms with E-state index in [0.717, 1.165) is 5.69 Å². The summed E-state index contributed by atoms with van der Waals surface area (Å²) in [4.78, 5) is 4.76. The number of hydrogen-bond donors (Lipinski definition) is 1. The van der Waals surface area contributed by atoms with Gasteiger partial charge in [0.05, 0.1) is 28.4 Å². The lowest BCUT2D eigenvalue weighted by molar-refractivity contribution is 0.379. The average molecular weight is 478 g/mol. The van der Waals surface area contributed by atoms with E-state index < -0.39 is 8.24 Å². The highest BCUT2D eigenvalue weighted by Gasteiger charge is 2.55. The van der Waals surface area contributed by atoms with Crippen LogP contribution in [0.4, 0.5) is 22.7 Å². The van der Waals surface area contributed by atoms with Crippen LogP contribution in [0.15, 0.2) is 91.2 Å². The molecule has 1 aromatic heterocycles. The van der Waals surface area contributed by atoms with E-state index in [1.54, 1.807) is 0 Å². The maximum Gasteiger partial charge on any atom is 0.160 e. The predicted molar refractivity (Wildman–Crippen MR) is 151 cm³/mol. The number of rotatable bonds is 4. The maximum absolute atomic E-state index is 4.76. The van der Waals surface area contributed by atoms with Gasteiger partial charge < -0.3 is 9.88 Å². The Morgan fingerprint density at radius 2 is 1.57 bits per heavy atom. The predicted octanol–water partition coefficient (Wildman–Crippen LogP) is 8.41. The molecule has 0 saturated heterocycles. The Hall–Kier alpha value is -3.11. The molecule has 2 aromatic carbocycles. The molecule has 4 heteroatoms. The van der Waals surface area contributed by atoms with Gasteiger partial charge in [0.1, 0.15) is 0 Å². The van der Waals surface area contributed by atoms with Crippen LogP contribution in [0.1, 0.15) is 26.0 Å². The minimum absolute atomic E-state index is 0.535. The minimum atomic E-state index is -2.04. The summed E-state index contributed by atoms with van der Waals surface area (Å²) in [5, 5.41) is 3.70. The third kappa shape index (κ3) is 3.58. The molecule has 4 atom stereocenters. The lowest BCUT2D eigenvalue weighted by atomic mass is 9.83. The fourth-order valence-corrected chi connectivity index (χ4v) is 12.0. The molecule has 0 spiro atoms. The highest BCUT2D eigenvalue weighted by molar-refractivity contribution is 6.84. The van der Waals surface area contributed by atoms with Gasteiger partial charge in [-0.15, -0.1) is 0 Å². The number of fused-ring (bicyclic) bond motifs is 3. The van der Waals surface area contributed by atoms with Crippen molar-refractivity contribution in [3.8, 4) is 0 Å². The number of benzene rings is 2. The van der Waals surface area contributed by atoms with Crippen molar-refractivity contribution >= 4 is 36.6 Å². The van der Waals surface area contributed by atoms with E-state index in [4.69, 9.17) is 4.98 Å². The van der Waals surface area contributed by atoms with Crippen LogP contribution in [0.25, 0.3) is 5.57 Å². The Balaban J connectivity index is 1.47. The number of hydrogen-bond acceptors (Lipinski definition) is 3. The SMILES string of the molecule is CC(C)[C@@H]1C[C@@H]2C(c3ccccn3)=CC=C[C@@H]2C1[Si](C)(C)N1c2ccccc2Nc2ccccc21. The van der Waals surface area contributed by atoms with E-state index in [2.05, 4.69) is 116 Å². The topological polar surface area (TPSA) is 28.2 Å². The maximum atomic E-state index is 4.76. The van der Waals surface area contributed by atoms with Crippen molar-refractivity contribution in [3.05, 3.63) is 96.8 Å². The molecule has 1 unspecified atom stereocenters. The lowest BCUT2D eigenvalue weighted by Gasteiger charge is -2.50. The molecular weight excluding hydrogens is 442 g/mol. The lowest BCUT2D eigenvalue weighted by Crippen LogP contribution is -2.54. The number of allylic oxidation sites excluding steroid dienone is 4. The largest absolute Gasteiger partial charge is 0.366 e. The Labute approximate surface area is 210 Å². The summed E-state index contributed by atoms with van der Waals surface area (Å²) in [5.74, 6) is 2.40. The molecule has 178 valence electrons. The zero-order valence-corrected chi connectivity index (χ0v) is 22.1. The van der Waals surface area contributed by atoms with Gasteiger partial charge in [0.2, 0.25) is 0 Å². The number of aromatic nitrogens is 1. The number of nitrogens with one attached hydrogen (secondary N) is 1. The molecule has 3 aromatic rings. The molecule has 3 nitrogen and oxygen atoms in total. The molecular formula is C31H35N3Si. The van der Waals surface area contributed by atoms with Crippen LogP contribution in [0.3, 0.4) is 0 Å². The Kier molecular flexibility index (Phi) is 5.45. The normalized spacial score (nSPS) is 24.9. The molecule has 0 radical (unpaired) electrons. The molecule has 2 aliphatic carbocycles. The smallest absolute Gasteiger partial charge is 0.160 e. The first-order valence-corrected chi connectivity index (χ1v) is 16.0. The highest BCUT2D eigenvalue weighted by Crippen LogP contribution is 2.61. The summed E-state index contributed by atoms with van der Waals surface area (Å²) >= 11 is 0. The molecule has 1 saturated carbocycles. The van der Waals surface area contributed by atoms with E-state index in [0.29, 0.717) is 29.2 Å². The van der Waals surface area contributed by atoms with E-state index >= 15 is 0 Å². The number of para-hydroxylation sites is 4. The van der Waals surface area contributed by atoms with Gasteiger partial charge in [0.25, 0.3) is 0 Å². The first-order chi connectivity index (χ1) is 17.0. The van der Waals surface area contributed by atoms with Gasteiger partial charge in [-0.1, -0.05) is 75.5 Å². The van der Waals surface area contributed by atoms with Crippen LogP contribution in [-0.2, 0) is 0 Å². The van der Waals surface area contributed by atoms with Gasteiger partial charge in [-0.3, -0.25) is 4.98 Å². The van der Waals surface area contributed by atoms with Crippen LogP contribution in [0, 0.1) is 23.7 Å². The first-order valence-electron chi connectivity index (χ1n) is 13.0. The van der Waals surface area contributed by atoms with Gasteiger partial charge in [-0.2, -0.15) is 0 Å². The fourth-order valence-electron chi connectivity index (χ4n) is 7.22. The van der Waals surface area contributed by atoms with E-state index in [1.807, 2.05) is 12.3 Å². The first kappa shape index (κ1) is 22.4. The van der Waals surface area contributed by atoms with Crippen molar-refractivity contribution in [2.75, 3.05) is 9.88 Å². The van der Waals surface area contributed by atoms with Crippen molar-refractivity contribution in [3.63, 3.8) is 0 Å².